The number of carbonyl (C=O) groups excluding carboxylic acids is 1. The lowest BCUT2D eigenvalue weighted by Crippen LogP contribution is -2.45. The summed E-state index contributed by atoms with van der Waals surface area (Å²) in [5.41, 5.74) is 3.81. The Morgan fingerprint density at radius 2 is 1.96 bits per heavy atom. The molecule has 25 heavy (non-hydrogen) atoms. The predicted octanol–water partition coefficient (Wildman–Crippen LogP) is 1.03. The van der Waals surface area contributed by atoms with Gasteiger partial charge in [-0.05, 0) is 24.5 Å². The van der Waals surface area contributed by atoms with Crippen LogP contribution in [0.15, 0.2) is 36.7 Å². The quantitative estimate of drug-likeness (QED) is 0.886. The second-order valence-corrected chi connectivity index (χ2v) is 6.88. The van der Waals surface area contributed by atoms with Crippen molar-refractivity contribution in [3.05, 3.63) is 59.2 Å². The number of aliphatic hydroxyl groups excluding tert-OH is 1. The third kappa shape index (κ3) is 3.15. The largest absolute Gasteiger partial charge is 0.390 e. The smallest absolute Gasteiger partial charge is 0.274 e. The van der Waals surface area contributed by atoms with Crippen molar-refractivity contribution < 1.29 is 9.90 Å². The summed E-state index contributed by atoms with van der Waals surface area (Å²) in [5.74, 6) is -0.161. The fourth-order valence-corrected chi connectivity index (χ4v) is 3.76. The molecule has 0 radical (unpaired) electrons. The Balaban J connectivity index is 1.46. The maximum atomic E-state index is 12.6. The Hall–Kier alpha value is -2.31. The maximum Gasteiger partial charge on any atom is 0.274 e. The van der Waals surface area contributed by atoms with Crippen LogP contribution in [0, 0.1) is 6.92 Å². The number of rotatable bonds is 2. The van der Waals surface area contributed by atoms with Crippen molar-refractivity contribution in [2.24, 2.45) is 0 Å². The zero-order valence-electron chi connectivity index (χ0n) is 14.3. The van der Waals surface area contributed by atoms with Gasteiger partial charge >= 0.3 is 0 Å². The normalized spacial score (nSPS) is 23.5. The van der Waals surface area contributed by atoms with Crippen molar-refractivity contribution >= 4 is 5.91 Å². The summed E-state index contributed by atoms with van der Waals surface area (Å²) in [6.07, 6.45) is 3.55. The van der Waals surface area contributed by atoms with Gasteiger partial charge in [0.25, 0.3) is 5.91 Å². The zero-order valence-corrected chi connectivity index (χ0v) is 14.3. The average Bonchev–Trinajstić information content (AvgIpc) is 3.03. The SMILES string of the molecule is Cc1cnc(C(=O)N2C[C@@H](O)[C@H](N3CCc4ccccc4C3)C2)cn1. The number of carbonyl (C=O) groups is 1. The molecule has 1 fully saturated rings. The molecule has 4 rings (SSSR count). The van der Waals surface area contributed by atoms with Crippen LogP contribution in [-0.2, 0) is 13.0 Å². The Kier molecular flexibility index (Phi) is 4.23. The minimum atomic E-state index is -0.535. The number of nitrogens with zero attached hydrogens (tertiary/aromatic N) is 4. The predicted molar refractivity (Wildman–Crippen MR) is 93.0 cm³/mol. The van der Waals surface area contributed by atoms with E-state index in [1.165, 1.54) is 17.3 Å². The highest BCUT2D eigenvalue weighted by molar-refractivity contribution is 5.92. The molecule has 2 aliphatic heterocycles. The molecular weight excluding hydrogens is 316 g/mol. The van der Waals surface area contributed by atoms with Gasteiger partial charge in [-0.1, -0.05) is 24.3 Å². The van der Waals surface area contributed by atoms with E-state index >= 15 is 0 Å². The molecule has 6 nitrogen and oxygen atoms in total. The van der Waals surface area contributed by atoms with Crippen LogP contribution >= 0.6 is 0 Å². The van der Waals surface area contributed by atoms with Gasteiger partial charge in [0.05, 0.1) is 24.0 Å². The van der Waals surface area contributed by atoms with Gasteiger partial charge in [0.15, 0.2) is 0 Å². The van der Waals surface area contributed by atoms with Crippen LogP contribution in [0.25, 0.3) is 0 Å². The minimum Gasteiger partial charge on any atom is -0.390 e. The number of benzene rings is 1. The standard InChI is InChI=1S/C19H22N4O2/c1-13-8-21-16(9-20-13)19(25)23-11-17(18(24)12-23)22-7-6-14-4-2-3-5-15(14)10-22/h2-5,8-9,17-18,24H,6-7,10-12H2,1H3/t17-,18-/m1/s1. The van der Waals surface area contributed by atoms with Crippen LogP contribution in [0.1, 0.15) is 27.3 Å². The first kappa shape index (κ1) is 16.2. The van der Waals surface area contributed by atoms with E-state index < -0.39 is 6.10 Å². The number of aryl methyl sites for hydroxylation is 1. The molecule has 0 spiro atoms. The second-order valence-electron chi connectivity index (χ2n) is 6.88. The Labute approximate surface area is 147 Å². The van der Waals surface area contributed by atoms with Crippen LogP contribution < -0.4 is 0 Å². The highest BCUT2D eigenvalue weighted by Gasteiger charge is 2.39. The average molecular weight is 338 g/mol. The van der Waals surface area contributed by atoms with Crippen molar-refractivity contribution in [1.29, 1.82) is 0 Å². The summed E-state index contributed by atoms with van der Waals surface area (Å²) >= 11 is 0. The molecule has 1 aromatic heterocycles. The maximum absolute atomic E-state index is 12.6. The summed E-state index contributed by atoms with van der Waals surface area (Å²) in [4.78, 5) is 24.9. The first-order chi connectivity index (χ1) is 12.1. The third-order valence-electron chi connectivity index (χ3n) is 5.18. The fourth-order valence-electron chi connectivity index (χ4n) is 3.76. The number of likely N-dealkylation sites (tertiary alicyclic amines) is 1. The lowest BCUT2D eigenvalue weighted by molar-refractivity contribution is 0.0733. The molecule has 2 aliphatic rings. The van der Waals surface area contributed by atoms with E-state index in [9.17, 15) is 9.90 Å². The molecular formula is C19H22N4O2. The number of hydrogen-bond donors (Lipinski definition) is 1. The lowest BCUT2D eigenvalue weighted by Gasteiger charge is -2.34. The van der Waals surface area contributed by atoms with Gasteiger partial charge in [-0.25, -0.2) is 4.98 Å². The third-order valence-corrected chi connectivity index (χ3v) is 5.18. The van der Waals surface area contributed by atoms with E-state index in [1.54, 1.807) is 11.1 Å². The minimum absolute atomic E-state index is 0.0317. The van der Waals surface area contributed by atoms with Crippen molar-refractivity contribution in [2.75, 3.05) is 19.6 Å². The zero-order chi connectivity index (χ0) is 17.4. The molecule has 2 atom stereocenters. The van der Waals surface area contributed by atoms with Gasteiger partial charge in [0.1, 0.15) is 5.69 Å². The molecule has 3 heterocycles. The first-order valence-corrected chi connectivity index (χ1v) is 8.68. The molecule has 1 amide bonds. The van der Waals surface area contributed by atoms with Crippen molar-refractivity contribution in [3.8, 4) is 0 Å². The molecule has 6 heteroatoms. The van der Waals surface area contributed by atoms with Crippen LogP contribution in [0.3, 0.4) is 0 Å². The van der Waals surface area contributed by atoms with E-state index in [0.29, 0.717) is 18.8 Å². The van der Waals surface area contributed by atoms with Crippen LogP contribution in [-0.4, -0.2) is 62.6 Å². The summed E-state index contributed by atoms with van der Waals surface area (Å²) in [7, 11) is 0. The van der Waals surface area contributed by atoms with Crippen molar-refractivity contribution in [3.63, 3.8) is 0 Å². The topological polar surface area (TPSA) is 69.6 Å². The monoisotopic (exact) mass is 338 g/mol. The molecule has 1 saturated heterocycles. The number of fused-ring (bicyclic) bond motifs is 1. The van der Waals surface area contributed by atoms with Crippen molar-refractivity contribution in [2.45, 2.75) is 32.0 Å². The molecule has 0 bridgehead atoms. The number of amides is 1. The number of aromatic nitrogens is 2. The van der Waals surface area contributed by atoms with Gasteiger partial charge in [0, 0.05) is 32.4 Å². The van der Waals surface area contributed by atoms with Crippen molar-refractivity contribution in [1.82, 2.24) is 19.8 Å². The molecule has 2 aromatic rings. The molecule has 0 saturated carbocycles. The summed E-state index contributed by atoms with van der Waals surface area (Å²) in [6, 6.07) is 8.41. The molecule has 130 valence electrons. The molecule has 1 aromatic carbocycles. The fraction of sp³-hybridized carbons (Fsp3) is 0.421. The Bertz CT molecular complexity index is 777. The van der Waals surface area contributed by atoms with Gasteiger partial charge in [0.2, 0.25) is 0 Å². The van der Waals surface area contributed by atoms with E-state index in [0.717, 1.165) is 25.2 Å². The highest BCUT2D eigenvalue weighted by atomic mass is 16.3. The van der Waals surface area contributed by atoms with Gasteiger partial charge in [-0.3, -0.25) is 14.7 Å². The van der Waals surface area contributed by atoms with Crippen LogP contribution in [0.5, 0.6) is 0 Å². The lowest BCUT2D eigenvalue weighted by atomic mass is 9.98. The number of hydrogen-bond acceptors (Lipinski definition) is 5. The van der Waals surface area contributed by atoms with Gasteiger partial charge in [-0.15, -0.1) is 0 Å². The molecule has 0 aliphatic carbocycles. The van der Waals surface area contributed by atoms with Gasteiger partial charge < -0.3 is 10.0 Å². The van der Waals surface area contributed by atoms with E-state index in [4.69, 9.17) is 0 Å². The Morgan fingerprint density at radius 3 is 2.72 bits per heavy atom. The van der Waals surface area contributed by atoms with Crippen LogP contribution in [0.2, 0.25) is 0 Å². The second kappa shape index (κ2) is 6.54. The summed E-state index contributed by atoms with van der Waals surface area (Å²) in [5, 5.41) is 10.5. The summed E-state index contributed by atoms with van der Waals surface area (Å²) in [6.45, 7) is 4.44. The number of aliphatic hydroxyl groups is 1. The van der Waals surface area contributed by atoms with E-state index in [1.807, 2.05) is 6.92 Å². The highest BCUT2D eigenvalue weighted by Crippen LogP contribution is 2.25. The first-order valence-electron chi connectivity index (χ1n) is 8.68. The Morgan fingerprint density at radius 1 is 1.16 bits per heavy atom. The summed E-state index contributed by atoms with van der Waals surface area (Å²) < 4.78 is 0. The van der Waals surface area contributed by atoms with Crippen LogP contribution in [0.4, 0.5) is 0 Å². The molecule has 1 N–H and O–H groups in total. The number of β-amino-alcohol motifs (C(OH)–C–C–N with tert-alkyl or cyclic N) is 1. The van der Waals surface area contributed by atoms with E-state index in [-0.39, 0.29) is 11.9 Å². The van der Waals surface area contributed by atoms with E-state index in [2.05, 4.69) is 39.1 Å². The molecule has 0 unspecified atom stereocenters. The van der Waals surface area contributed by atoms with Gasteiger partial charge in [-0.2, -0.15) is 0 Å².